The van der Waals surface area contributed by atoms with Gasteiger partial charge in [0, 0.05) is 24.6 Å². The Hall–Kier alpha value is -3.40. The van der Waals surface area contributed by atoms with E-state index in [0.717, 1.165) is 35.4 Å². The zero-order valence-corrected chi connectivity index (χ0v) is 16.8. The number of imidazole rings is 1. The van der Waals surface area contributed by atoms with Gasteiger partial charge in [0.05, 0.1) is 11.0 Å². The lowest BCUT2D eigenvalue weighted by Crippen LogP contribution is -2.30. The third-order valence-corrected chi connectivity index (χ3v) is 4.92. The summed E-state index contributed by atoms with van der Waals surface area (Å²) in [5.41, 5.74) is 5.20. The second kappa shape index (κ2) is 8.31. The van der Waals surface area contributed by atoms with Crippen molar-refractivity contribution in [2.45, 2.75) is 32.9 Å². The molecule has 3 aromatic carbocycles. The van der Waals surface area contributed by atoms with E-state index >= 15 is 0 Å². The van der Waals surface area contributed by atoms with E-state index in [4.69, 9.17) is 4.98 Å². The maximum absolute atomic E-state index is 12.2. The number of amides is 1. The number of carbonyl (C=O) groups is 1. The molecule has 1 heterocycles. The van der Waals surface area contributed by atoms with Crippen molar-refractivity contribution in [2.24, 2.45) is 0 Å². The van der Waals surface area contributed by atoms with Gasteiger partial charge in [0.2, 0.25) is 0 Å². The van der Waals surface area contributed by atoms with Crippen molar-refractivity contribution in [3.05, 3.63) is 101 Å². The van der Waals surface area contributed by atoms with Gasteiger partial charge in [-0.15, -0.1) is 0 Å². The van der Waals surface area contributed by atoms with Gasteiger partial charge in [-0.3, -0.25) is 4.79 Å². The van der Waals surface area contributed by atoms with Crippen LogP contribution in [0, 0.1) is 0 Å². The van der Waals surface area contributed by atoms with Crippen LogP contribution in [0.4, 0.5) is 0 Å². The molecule has 4 heteroatoms. The average molecular weight is 383 g/mol. The number of benzene rings is 3. The molecule has 1 aromatic heterocycles. The molecule has 1 amide bonds. The van der Waals surface area contributed by atoms with Gasteiger partial charge in [0.1, 0.15) is 5.82 Å². The molecule has 0 atom stereocenters. The van der Waals surface area contributed by atoms with Gasteiger partial charge in [0.25, 0.3) is 5.91 Å². The van der Waals surface area contributed by atoms with Gasteiger partial charge in [0.15, 0.2) is 0 Å². The Morgan fingerprint density at radius 3 is 2.31 bits per heavy atom. The number of fused-ring (bicyclic) bond motifs is 1. The second-order valence-electron chi connectivity index (χ2n) is 7.59. The minimum Gasteiger partial charge on any atom is -0.350 e. The van der Waals surface area contributed by atoms with Crippen molar-refractivity contribution in [3.8, 4) is 0 Å². The van der Waals surface area contributed by atoms with E-state index in [1.54, 1.807) is 0 Å². The van der Waals surface area contributed by atoms with Crippen LogP contribution in [0.2, 0.25) is 0 Å². The van der Waals surface area contributed by atoms with Crippen molar-refractivity contribution in [2.75, 3.05) is 0 Å². The molecular weight excluding hydrogens is 358 g/mol. The van der Waals surface area contributed by atoms with Gasteiger partial charge < -0.3 is 9.88 Å². The van der Waals surface area contributed by atoms with Gasteiger partial charge in [-0.05, 0) is 49.2 Å². The van der Waals surface area contributed by atoms with Crippen molar-refractivity contribution in [1.29, 1.82) is 0 Å². The molecule has 0 saturated carbocycles. The molecule has 0 radical (unpaired) electrons. The summed E-state index contributed by atoms with van der Waals surface area (Å²) < 4.78 is 2.27. The minimum absolute atomic E-state index is 0.0376. The molecule has 0 saturated heterocycles. The van der Waals surface area contributed by atoms with Crippen LogP contribution in [0.3, 0.4) is 0 Å². The van der Waals surface area contributed by atoms with Gasteiger partial charge in [-0.2, -0.15) is 0 Å². The molecule has 0 unspecified atom stereocenters. The summed E-state index contributed by atoms with van der Waals surface area (Å²) >= 11 is 0. The molecule has 1 N–H and O–H groups in total. The fourth-order valence-corrected chi connectivity index (χ4v) is 3.50. The molecule has 0 aliphatic carbocycles. The van der Waals surface area contributed by atoms with Crippen molar-refractivity contribution in [3.63, 3.8) is 0 Å². The Kier molecular flexibility index (Phi) is 5.43. The SMILES string of the molecule is CC(C)NC(=O)c1ccc(Cn2c(Cc3ccccc3)nc3ccccc32)cc1. The van der Waals surface area contributed by atoms with Crippen molar-refractivity contribution < 1.29 is 4.79 Å². The van der Waals surface area contributed by atoms with E-state index in [1.165, 1.54) is 5.56 Å². The Morgan fingerprint density at radius 2 is 1.59 bits per heavy atom. The van der Waals surface area contributed by atoms with Crippen LogP contribution in [-0.4, -0.2) is 21.5 Å². The third-order valence-electron chi connectivity index (χ3n) is 4.92. The molecule has 4 nitrogen and oxygen atoms in total. The highest BCUT2D eigenvalue weighted by molar-refractivity contribution is 5.94. The number of aromatic nitrogens is 2. The van der Waals surface area contributed by atoms with Crippen molar-refractivity contribution >= 4 is 16.9 Å². The molecule has 0 fully saturated rings. The summed E-state index contributed by atoms with van der Waals surface area (Å²) in [5.74, 6) is 1.00. The Bertz CT molecular complexity index is 1110. The normalized spacial score (nSPS) is 11.1. The van der Waals surface area contributed by atoms with E-state index in [-0.39, 0.29) is 11.9 Å². The fourth-order valence-electron chi connectivity index (χ4n) is 3.50. The Balaban J connectivity index is 1.63. The van der Waals surface area contributed by atoms with Gasteiger partial charge in [-0.25, -0.2) is 4.98 Å². The van der Waals surface area contributed by atoms with Crippen LogP contribution in [0.25, 0.3) is 11.0 Å². The lowest BCUT2D eigenvalue weighted by Gasteiger charge is -2.11. The monoisotopic (exact) mass is 383 g/mol. The highest BCUT2D eigenvalue weighted by atomic mass is 16.1. The van der Waals surface area contributed by atoms with Crippen LogP contribution in [0.5, 0.6) is 0 Å². The van der Waals surface area contributed by atoms with E-state index in [9.17, 15) is 4.79 Å². The molecule has 4 rings (SSSR count). The summed E-state index contributed by atoms with van der Waals surface area (Å²) in [5, 5.41) is 2.93. The van der Waals surface area contributed by atoms with E-state index in [1.807, 2.05) is 56.3 Å². The van der Waals surface area contributed by atoms with Crippen LogP contribution < -0.4 is 5.32 Å². The summed E-state index contributed by atoms with van der Waals surface area (Å²) in [6.45, 7) is 4.64. The van der Waals surface area contributed by atoms with Crippen LogP contribution in [0.1, 0.15) is 41.2 Å². The number of nitrogens with zero attached hydrogens (tertiary/aromatic N) is 2. The first-order valence-corrected chi connectivity index (χ1v) is 9.98. The fraction of sp³-hybridized carbons (Fsp3) is 0.200. The van der Waals surface area contributed by atoms with Crippen LogP contribution in [0.15, 0.2) is 78.9 Å². The summed E-state index contributed by atoms with van der Waals surface area (Å²) in [4.78, 5) is 17.1. The first-order valence-electron chi connectivity index (χ1n) is 9.98. The number of hydrogen-bond donors (Lipinski definition) is 1. The average Bonchev–Trinajstić information content (AvgIpc) is 3.06. The third kappa shape index (κ3) is 4.37. The van der Waals surface area contributed by atoms with Gasteiger partial charge >= 0.3 is 0 Å². The highest BCUT2D eigenvalue weighted by Gasteiger charge is 2.12. The molecule has 0 spiro atoms. The second-order valence-corrected chi connectivity index (χ2v) is 7.59. The molecule has 0 bridgehead atoms. The standard InChI is InChI=1S/C25H25N3O/c1-18(2)26-25(29)21-14-12-20(13-15-21)17-28-23-11-7-6-10-22(23)27-24(28)16-19-8-4-3-5-9-19/h3-15,18H,16-17H2,1-2H3,(H,26,29). The van der Waals surface area contributed by atoms with E-state index in [2.05, 4.69) is 46.3 Å². The Labute approximate surface area is 171 Å². The van der Waals surface area contributed by atoms with E-state index < -0.39 is 0 Å². The number of hydrogen-bond acceptors (Lipinski definition) is 2. The topological polar surface area (TPSA) is 46.9 Å². The first-order chi connectivity index (χ1) is 14.1. The molecule has 29 heavy (non-hydrogen) atoms. The maximum atomic E-state index is 12.2. The highest BCUT2D eigenvalue weighted by Crippen LogP contribution is 2.20. The minimum atomic E-state index is -0.0376. The quantitative estimate of drug-likeness (QED) is 0.519. The van der Waals surface area contributed by atoms with Crippen LogP contribution in [-0.2, 0) is 13.0 Å². The molecular formula is C25H25N3O. The first kappa shape index (κ1) is 18.9. The van der Waals surface area contributed by atoms with Gasteiger partial charge in [-0.1, -0.05) is 54.6 Å². The molecule has 146 valence electrons. The largest absolute Gasteiger partial charge is 0.350 e. The van der Waals surface area contributed by atoms with Crippen molar-refractivity contribution in [1.82, 2.24) is 14.9 Å². The summed E-state index contributed by atoms with van der Waals surface area (Å²) in [6, 6.07) is 26.6. The summed E-state index contributed by atoms with van der Waals surface area (Å²) in [6.07, 6.45) is 0.782. The number of rotatable bonds is 6. The zero-order chi connectivity index (χ0) is 20.2. The smallest absolute Gasteiger partial charge is 0.251 e. The van der Waals surface area contributed by atoms with Crippen LogP contribution >= 0.6 is 0 Å². The number of carbonyl (C=O) groups excluding carboxylic acids is 1. The number of nitrogens with one attached hydrogen (secondary N) is 1. The Morgan fingerprint density at radius 1 is 0.897 bits per heavy atom. The number of para-hydroxylation sites is 2. The predicted molar refractivity (Wildman–Crippen MR) is 117 cm³/mol. The predicted octanol–water partition coefficient (Wildman–Crippen LogP) is 4.81. The lowest BCUT2D eigenvalue weighted by atomic mass is 10.1. The summed E-state index contributed by atoms with van der Waals surface area (Å²) in [7, 11) is 0. The zero-order valence-electron chi connectivity index (χ0n) is 16.8. The molecule has 0 aliphatic rings. The lowest BCUT2D eigenvalue weighted by molar-refractivity contribution is 0.0943. The molecule has 4 aromatic rings. The van der Waals surface area contributed by atoms with E-state index in [0.29, 0.717) is 5.56 Å². The maximum Gasteiger partial charge on any atom is 0.251 e. The molecule has 0 aliphatic heterocycles.